The molecule has 1 rings (SSSR count). The molecule has 45 heteroatoms. The second-order valence-corrected chi connectivity index (χ2v) is 34.3. The summed E-state index contributed by atoms with van der Waals surface area (Å²) in [6.07, 6.45) is -0.989. The highest BCUT2D eigenvalue weighted by Crippen LogP contribution is 2.23. The Hall–Kier alpha value is -9.57. The van der Waals surface area contributed by atoms with Crippen LogP contribution >= 0.6 is 23.5 Å². The molecule has 0 bridgehead atoms. The van der Waals surface area contributed by atoms with Crippen molar-refractivity contribution in [3.8, 4) is 0 Å². The van der Waals surface area contributed by atoms with Crippen molar-refractivity contribution < 1.29 is 127 Å². The van der Waals surface area contributed by atoms with E-state index in [2.05, 4.69) is 79.8 Å². The molecule has 22 atom stereocenters. The number of carbonyl (C=O) groups excluding carboxylic acids is 16. The molecule has 0 spiro atoms. The third-order valence-electron chi connectivity index (χ3n) is 20.9. The maximum absolute atomic E-state index is 14.6. The Balaban J connectivity index is 3.45. The molecule has 0 aromatic carbocycles. The molecule has 1 heterocycles. The summed E-state index contributed by atoms with van der Waals surface area (Å²) in [5.74, 6) is -25.2. The second kappa shape index (κ2) is 54.9. The molecule has 1 saturated heterocycles. The van der Waals surface area contributed by atoms with E-state index >= 15 is 0 Å². The Morgan fingerprint density at radius 2 is 0.659 bits per heavy atom. The van der Waals surface area contributed by atoms with Crippen LogP contribution in [0, 0.1) is 41.4 Å². The first-order valence-corrected chi connectivity index (χ1v) is 44.0. The Kier molecular flexibility index (Phi) is 49.8. The van der Waals surface area contributed by atoms with Crippen LogP contribution in [0.1, 0.15) is 175 Å². The Bertz CT molecular complexity index is 3620. The van der Waals surface area contributed by atoms with Crippen LogP contribution in [0.3, 0.4) is 0 Å². The number of likely N-dealkylation sites (tertiary alicyclic amines) is 1. The first-order chi connectivity index (χ1) is 57.4. The zero-order chi connectivity index (χ0) is 94.5. The Morgan fingerprint density at radius 3 is 1.05 bits per heavy atom. The number of amides is 16. The number of aliphatic carboxylic acids is 3. The van der Waals surface area contributed by atoms with E-state index in [0.717, 1.165) is 18.7 Å². The minimum atomic E-state index is -2.11. The third kappa shape index (κ3) is 36.3. The number of nitrogens with zero attached hydrogens (tertiary/aromatic N) is 1. The highest BCUT2D eigenvalue weighted by atomic mass is 32.2. The van der Waals surface area contributed by atoms with E-state index in [0.29, 0.717) is 31.4 Å². The molecule has 0 radical (unpaired) electrons. The number of aliphatic hydroxyl groups is 4. The van der Waals surface area contributed by atoms with Gasteiger partial charge in [-0.15, -0.1) is 0 Å². The van der Waals surface area contributed by atoms with Crippen LogP contribution in [0.15, 0.2) is 0 Å². The normalized spacial score (nSPS) is 17.8. The lowest BCUT2D eigenvalue weighted by molar-refractivity contribution is -0.145. The van der Waals surface area contributed by atoms with Gasteiger partial charge in [0.25, 0.3) is 0 Å². The van der Waals surface area contributed by atoms with Crippen molar-refractivity contribution >= 4 is 136 Å². The molecule has 0 aromatic heterocycles. The SMILES string of the molecule is CC[C@H](C)[C@H](NC(=O)[C@H](C)NC(=O)[C@H](CO)NC(=O)[C@H](CCSC)NC(=O)[C@H](CO)NC(=O)[C@H](CC(=O)O)NC(=O)[C@@H](NC(=O)[C@H](CC(=O)O)NC(=O)[C@@H]1CCCN1C(=O)[C@@H](NC(=O)[C@@H](NC(=O)[C@@H](NC(=O)[C@@H](NC(=O)[C@@H](NC(=O)[C@@H](NC(=O)[C@@H](NC(=O)[C@@H](N)CCSC)[C@@H](C)CC)C(C)C)[C@@H](C)CC)C(C)C)[C@@H](C)O)[C@@H](C)O)C(C)C)C(C)C)C(=O)O. The van der Waals surface area contributed by atoms with Gasteiger partial charge >= 0.3 is 17.9 Å². The summed E-state index contributed by atoms with van der Waals surface area (Å²) in [5, 5.41) is 108. The number of rotatable bonds is 56. The number of nitrogens with one attached hydrogen (secondary N) is 15. The monoisotopic (exact) mass is 1790 g/mol. The molecule has 0 aromatic rings. The van der Waals surface area contributed by atoms with Gasteiger partial charge in [-0.3, -0.25) is 86.3 Å². The van der Waals surface area contributed by atoms with Gasteiger partial charge in [-0.1, -0.05) is 116 Å². The summed E-state index contributed by atoms with van der Waals surface area (Å²) in [6.45, 7) is 23.4. The van der Waals surface area contributed by atoms with Crippen molar-refractivity contribution in [3.05, 3.63) is 0 Å². The zero-order valence-electron chi connectivity index (χ0n) is 73.6. The van der Waals surface area contributed by atoms with E-state index in [9.17, 15) is 127 Å². The summed E-state index contributed by atoms with van der Waals surface area (Å²) in [4.78, 5) is 260. The van der Waals surface area contributed by atoms with Gasteiger partial charge in [0.05, 0.1) is 44.3 Å². The number of hydrogen-bond donors (Lipinski definition) is 23. The van der Waals surface area contributed by atoms with Crippen LogP contribution in [0.4, 0.5) is 0 Å². The molecule has 0 aliphatic carbocycles. The highest BCUT2D eigenvalue weighted by molar-refractivity contribution is 7.98. The molecule has 123 heavy (non-hydrogen) atoms. The minimum absolute atomic E-state index is 0.101. The lowest BCUT2D eigenvalue weighted by atomic mass is 9.94. The fraction of sp³-hybridized carbons (Fsp3) is 0.756. The molecule has 16 amide bonds. The van der Waals surface area contributed by atoms with E-state index in [1.54, 1.807) is 68.6 Å². The van der Waals surface area contributed by atoms with E-state index in [1.165, 1.54) is 58.1 Å². The third-order valence-corrected chi connectivity index (χ3v) is 22.2. The topological polar surface area (TPSA) is 676 Å². The van der Waals surface area contributed by atoms with Crippen LogP contribution in [0.5, 0.6) is 0 Å². The minimum Gasteiger partial charge on any atom is -0.481 e. The van der Waals surface area contributed by atoms with Crippen molar-refractivity contribution in [1.82, 2.24) is 84.7 Å². The maximum atomic E-state index is 14.6. The van der Waals surface area contributed by atoms with Crippen LogP contribution in [-0.2, 0) is 91.1 Å². The van der Waals surface area contributed by atoms with E-state index in [1.807, 2.05) is 13.2 Å². The molecule has 1 aliphatic heterocycles. The van der Waals surface area contributed by atoms with Crippen molar-refractivity contribution in [3.63, 3.8) is 0 Å². The van der Waals surface area contributed by atoms with Gasteiger partial charge in [0.1, 0.15) is 96.7 Å². The molecular weight excluding hydrogens is 1660 g/mol. The summed E-state index contributed by atoms with van der Waals surface area (Å²) >= 11 is 2.70. The van der Waals surface area contributed by atoms with Gasteiger partial charge in [0.2, 0.25) is 94.5 Å². The summed E-state index contributed by atoms with van der Waals surface area (Å²) < 4.78 is 0. The van der Waals surface area contributed by atoms with Crippen LogP contribution in [-0.4, -0.2) is 312 Å². The summed E-state index contributed by atoms with van der Waals surface area (Å²) in [5.41, 5.74) is 6.11. The van der Waals surface area contributed by atoms with Gasteiger partial charge in [0.15, 0.2) is 0 Å². The average Bonchev–Trinajstić information content (AvgIpc) is 1.70. The van der Waals surface area contributed by atoms with Crippen LogP contribution in [0.25, 0.3) is 0 Å². The van der Waals surface area contributed by atoms with Gasteiger partial charge in [-0.05, 0) is 112 Å². The lowest BCUT2D eigenvalue weighted by Crippen LogP contribution is -2.64. The maximum Gasteiger partial charge on any atom is 0.326 e. The molecule has 43 nitrogen and oxygen atoms in total. The zero-order valence-corrected chi connectivity index (χ0v) is 75.3. The van der Waals surface area contributed by atoms with Crippen LogP contribution < -0.4 is 85.5 Å². The van der Waals surface area contributed by atoms with E-state index in [-0.39, 0.29) is 37.5 Å². The smallest absolute Gasteiger partial charge is 0.326 e. The lowest BCUT2D eigenvalue weighted by Gasteiger charge is -2.33. The fourth-order valence-electron chi connectivity index (χ4n) is 12.5. The second-order valence-electron chi connectivity index (χ2n) is 32.3. The van der Waals surface area contributed by atoms with Crippen molar-refractivity contribution in [1.29, 1.82) is 0 Å². The standard InChI is InChI=1S/C78H135N17O26S2/c1-20-38(12)57(90-63(105)44(79)25-28-122-18)73(115)87-54(35(6)7)71(113)91-58(39(13)21-2)74(116)88-55(36(8)9)72(114)93-61(43(17)99)76(118)94-60(42(16)98)75(117)89-56(37(10)11)77(119)95-27-23-24-50(95)69(111)82-47(31-52(102)103)66(108)86-53(34(4)5)70(112)83-46(30-51(100)101)65(107)85-49(33-97)68(110)81-45(26-29-123-19)64(106)84-48(32-96)67(109)80-41(15)62(104)92-59(78(120)121)40(14)22-3/h34-50,53-61,96-99H,20-33,79H2,1-19H3,(H,80,109)(H,81,110)(H,82,111)(H,83,112)(H,84,106)(H,85,107)(H,86,108)(H,87,115)(H,88,116)(H,89,117)(H,90,105)(H,91,113)(H,92,104)(H,93,114)(H,94,118)(H,100,101)(H,102,103)(H,120,121)/t38-,39-,40-,41-,42+,43+,44-,45-,46-,47-,48-,49-,50-,53-,54-,55-,56-,57-,58-,59-,60-,61-/m0/s1. The molecule has 700 valence electrons. The predicted molar refractivity (Wildman–Crippen MR) is 451 cm³/mol. The van der Waals surface area contributed by atoms with Gasteiger partial charge in [-0.2, -0.15) is 23.5 Å². The Labute approximate surface area is 725 Å². The van der Waals surface area contributed by atoms with Gasteiger partial charge in [0, 0.05) is 6.54 Å². The summed E-state index contributed by atoms with van der Waals surface area (Å²) in [7, 11) is 0. The van der Waals surface area contributed by atoms with Crippen molar-refractivity contribution in [2.45, 2.75) is 290 Å². The largest absolute Gasteiger partial charge is 0.481 e. The molecule has 24 N–H and O–H groups in total. The number of aliphatic hydroxyl groups excluding tert-OH is 4. The average molecular weight is 1790 g/mol. The van der Waals surface area contributed by atoms with E-state index in [4.69, 9.17) is 5.73 Å². The van der Waals surface area contributed by atoms with E-state index < -0.39 is 289 Å². The summed E-state index contributed by atoms with van der Waals surface area (Å²) in [6, 6.07) is -26.8. The first kappa shape index (κ1) is 111. The quantitative estimate of drug-likeness (QED) is 0.0270. The highest BCUT2D eigenvalue weighted by Gasteiger charge is 2.45. The molecule has 1 fully saturated rings. The van der Waals surface area contributed by atoms with Crippen molar-refractivity contribution in [2.24, 2.45) is 47.2 Å². The number of hydrogen-bond acceptors (Lipinski definition) is 26. The molecule has 1 aliphatic rings. The fourth-order valence-corrected chi connectivity index (χ4v) is 13.5. The first-order valence-electron chi connectivity index (χ1n) is 41.2. The number of carboxylic acids is 3. The molecular formula is C78H135N17O26S2. The van der Waals surface area contributed by atoms with Gasteiger partial charge in [-0.25, -0.2) is 4.79 Å². The number of thioether (sulfide) groups is 2. The predicted octanol–water partition coefficient (Wildman–Crippen LogP) is -5.35. The number of carbonyl (C=O) groups is 19. The number of nitrogens with two attached hydrogens (primary N) is 1. The van der Waals surface area contributed by atoms with Gasteiger partial charge < -0.3 is 126 Å². The number of carboxylic acid groups (broad SMARTS) is 3. The Morgan fingerprint density at radius 1 is 0.358 bits per heavy atom. The molecule has 0 unspecified atom stereocenters. The molecule has 0 saturated carbocycles. The van der Waals surface area contributed by atoms with Crippen LogP contribution in [0.2, 0.25) is 0 Å². The van der Waals surface area contributed by atoms with Crippen molar-refractivity contribution in [2.75, 3.05) is 43.8 Å².